The quantitative estimate of drug-likeness (QED) is 0.845. The van der Waals surface area contributed by atoms with Gasteiger partial charge in [0.25, 0.3) is 0 Å². The molecule has 134 valence electrons. The Morgan fingerprint density at radius 2 is 2.12 bits per heavy atom. The van der Waals surface area contributed by atoms with Crippen LogP contribution in [0.3, 0.4) is 0 Å². The minimum absolute atomic E-state index is 0.0714. The zero-order valence-corrected chi connectivity index (χ0v) is 15.7. The van der Waals surface area contributed by atoms with E-state index in [0.29, 0.717) is 23.1 Å². The minimum atomic E-state index is -0.489. The van der Waals surface area contributed by atoms with Crippen molar-refractivity contribution < 1.29 is 9.53 Å². The molecule has 0 bridgehead atoms. The SMILES string of the molecule is CC1CN(C(=O)OC(C)(C)C)C(C)CC1Nc1ncc(Cl)cc1N. The summed E-state index contributed by atoms with van der Waals surface area (Å²) in [5, 5.41) is 3.90. The first kappa shape index (κ1) is 18.6. The molecule has 1 aliphatic rings. The summed E-state index contributed by atoms with van der Waals surface area (Å²) in [6.07, 6.45) is 2.11. The van der Waals surface area contributed by atoms with Crippen LogP contribution in [0.2, 0.25) is 5.02 Å². The Bertz CT molecular complexity index is 603. The molecule has 1 aromatic rings. The third kappa shape index (κ3) is 4.66. The number of hydrogen-bond acceptors (Lipinski definition) is 5. The molecule has 3 N–H and O–H groups in total. The van der Waals surface area contributed by atoms with Gasteiger partial charge in [0.05, 0.1) is 10.7 Å². The highest BCUT2D eigenvalue weighted by Gasteiger charge is 2.36. The maximum Gasteiger partial charge on any atom is 0.410 e. The number of aromatic nitrogens is 1. The Morgan fingerprint density at radius 1 is 1.46 bits per heavy atom. The van der Waals surface area contributed by atoms with Crippen molar-refractivity contribution in [1.29, 1.82) is 0 Å². The highest BCUT2D eigenvalue weighted by atomic mass is 35.5. The number of halogens is 1. The van der Waals surface area contributed by atoms with E-state index >= 15 is 0 Å². The van der Waals surface area contributed by atoms with Gasteiger partial charge in [-0.05, 0) is 46.1 Å². The highest BCUT2D eigenvalue weighted by molar-refractivity contribution is 6.30. The molecule has 2 heterocycles. The first-order valence-corrected chi connectivity index (χ1v) is 8.62. The second-order valence-corrected chi connectivity index (χ2v) is 7.97. The second kappa shape index (κ2) is 7.05. The van der Waals surface area contributed by atoms with Gasteiger partial charge in [0.15, 0.2) is 0 Å². The normalized spacial score (nSPS) is 24.6. The van der Waals surface area contributed by atoms with E-state index in [-0.39, 0.29) is 24.1 Å². The maximum atomic E-state index is 12.4. The highest BCUT2D eigenvalue weighted by Crippen LogP contribution is 2.28. The number of likely N-dealkylation sites (tertiary alicyclic amines) is 1. The van der Waals surface area contributed by atoms with Gasteiger partial charge in [-0.15, -0.1) is 0 Å². The fourth-order valence-corrected chi connectivity index (χ4v) is 3.04. The van der Waals surface area contributed by atoms with E-state index in [9.17, 15) is 4.79 Å². The Labute approximate surface area is 148 Å². The molecule has 7 heteroatoms. The number of amides is 1. The number of nitrogen functional groups attached to an aromatic ring is 1. The minimum Gasteiger partial charge on any atom is -0.444 e. The van der Waals surface area contributed by atoms with Gasteiger partial charge in [-0.3, -0.25) is 0 Å². The largest absolute Gasteiger partial charge is 0.444 e. The molecule has 0 aromatic carbocycles. The predicted octanol–water partition coefficient (Wildman–Crippen LogP) is 3.76. The van der Waals surface area contributed by atoms with Gasteiger partial charge < -0.3 is 20.7 Å². The number of ether oxygens (including phenoxy) is 1. The number of nitrogens with one attached hydrogen (secondary N) is 1. The van der Waals surface area contributed by atoms with Crippen molar-refractivity contribution in [1.82, 2.24) is 9.88 Å². The van der Waals surface area contributed by atoms with Gasteiger partial charge in [-0.25, -0.2) is 9.78 Å². The number of anilines is 2. The molecular formula is C17H27ClN4O2. The summed E-state index contributed by atoms with van der Waals surface area (Å²) >= 11 is 5.89. The fourth-order valence-electron chi connectivity index (χ4n) is 2.87. The van der Waals surface area contributed by atoms with Crippen molar-refractivity contribution in [2.45, 2.75) is 58.7 Å². The number of hydrogen-bond donors (Lipinski definition) is 2. The molecule has 3 unspecified atom stereocenters. The lowest BCUT2D eigenvalue weighted by Crippen LogP contribution is -2.53. The molecule has 0 saturated carbocycles. The number of carbonyl (C=O) groups excluding carboxylic acids is 1. The molecule has 1 aliphatic heterocycles. The van der Waals surface area contributed by atoms with Crippen LogP contribution in [0.5, 0.6) is 0 Å². The van der Waals surface area contributed by atoms with Gasteiger partial charge in [0, 0.05) is 24.8 Å². The second-order valence-electron chi connectivity index (χ2n) is 7.54. The standard InChI is InChI=1S/C17H27ClN4O2/c1-10-9-22(16(23)24-17(3,4)5)11(2)6-14(10)21-15-13(19)7-12(18)8-20-15/h7-8,10-11,14H,6,9,19H2,1-5H3,(H,20,21). The molecule has 0 aliphatic carbocycles. The third-order valence-electron chi connectivity index (χ3n) is 4.13. The first-order valence-electron chi connectivity index (χ1n) is 8.24. The molecule has 6 nitrogen and oxygen atoms in total. The average Bonchev–Trinajstić information content (AvgIpc) is 2.43. The maximum absolute atomic E-state index is 12.4. The Balaban J connectivity index is 2.03. The van der Waals surface area contributed by atoms with E-state index in [2.05, 4.69) is 17.2 Å². The molecule has 2 rings (SSSR count). The fraction of sp³-hybridized carbons (Fsp3) is 0.647. The third-order valence-corrected chi connectivity index (χ3v) is 4.34. The van der Waals surface area contributed by atoms with Crippen LogP contribution in [-0.4, -0.2) is 40.2 Å². The summed E-state index contributed by atoms with van der Waals surface area (Å²) in [5.74, 6) is 0.875. The van der Waals surface area contributed by atoms with E-state index in [1.165, 1.54) is 0 Å². The van der Waals surface area contributed by atoms with Crippen LogP contribution in [0.1, 0.15) is 41.0 Å². The molecule has 1 saturated heterocycles. The lowest BCUT2D eigenvalue weighted by molar-refractivity contribution is 0.00509. The van der Waals surface area contributed by atoms with Crippen LogP contribution in [0, 0.1) is 5.92 Å². The van der Waals surface area contributed by atoms with E-state index < -0.39 is 5.60 Å². The lowest BCUT2D eigenvalue weighted by atomic mass is 9.89. The van der Waals surface area contributed by atoms with E-state index in [1.54, 1.807) is 17.2 Å². The first-order chi connectivity index (χ1) is 11.1. The van der Waals surface area contributed by atoms with Crippen LogP contribution < -0.4 is 11.1 Å². The van der Waals surface area contributed by atoms with Crippen LogP contribution in [0.25, 0.3) is 0 Å². The number of rotatable bonds is 2. The van der Waals surface area contributed by atoms with Crippen LogP contribution in [0.4, 0.5) is 16.3 Å². The smallest absolute Gasteiger partial charge is 0.410 e. The van der Waals surface area contributed by atoms with Gasteiger partial charge in [0.2, 0.25) is 0 Å². The topological polar surface area (TPSA) is 80.5 Å². The zero-order valence-electron chi connectivity index (χ0n) is 15.0. The molecule has 0 radical (unpaired) electrons. The molecule has 0 spiro atoms. The number of nitrogens with two attached hydrogens (primary N) is 1. The number of piperidine rings is 1. The lowest BCUT2D eigenvalue weighted by Gasteiger charge is -2.42. The molecule has 3 atom stereocenters. The Kier molecular flexibility index (Phi) is 5.48. The van der Waals surface area contributed by atoms with Crippen molar-refractivity contribution in [3.63, 3.8) is 0 Å². The molecule has 1 aromatic heterocycles. The average molecular weight is 355 g/mol. The molecule has 1 amide bonds. The Morgan fingerprint density at radius 3 is 2.71 bits per heavy atom. The molecule has 1 fully saturated rings. The van der Waals surface area contributed by atoms with Crippen molar-refractivity contribution in [3.8, 4) is 0 Å². The monoisotopic (exact) mass is 354 g/mol. The van der Waals surface area contributed by atoms with Gasteiger partial charge >= 0.3 is 6.09 Å². The van der Waals surface area contributed by atoms with Gasteiger partial charge in [0.1, 0.15) is 11.4 Å². The zero-order chi connectivity index (χ0) is 18.1. The van der Waals surface area contributed by atoms with Crippen molar-refractivity contribution >= 4 is 29.2 Å². The summed E-state index contributed by atoms with van der Waals surface area (Å²) < 4.78 is 5.50. The predicted molar refractivity (Wildman–Crippen MR) is 97.3 cm³/mol. The van der Waals surface area contributed by atoms with E-state index in [1.807, 2.05) is 27.7 Å². The van der Waals surface area contributed by atoms with Gasteiger partial charge in [-0.1, -0.05) is 18.5 Å². The molecule has 24 heavy (non-hydrogen) atoms. The van der Waals surface area contributed by atoms with Crippen LogP contribution in [0.15, 0.2) is 12.3 Å². The van der Waals surface area contributed by atoms with E-state index in [4.69, 9.17) is 22.1 Å². The number of pyridine rings is 1. The summed E-state index contributed by atoms with van der Waals surface area (Å²) in [4.78, 5) is 18.4. The summed E-state index contributed by atoms with van der Waals surface area (Å²) in [6.45, 7) is 10.4. The van der Waals surface area contributed by atoms with E-state index in [0.717, 1.165) is 6.42 Å². The summed E-state index contributed by atoms with van der Waals surface area (Å²) in [6, 6.07) is 1.93. The Hall–Kier alpha value is -1.69. The van der Waals surface area contributed by atoms with Crippen LogP contribution in [-0.2, 0) is 4.74 Å². The van der Waals surface area contributed by atoms with Crippen molar-refractivity contribution in [2.75, 3.05) is 17.6 Å². The van der Waals surface area contributed by atoms with Gasteiger partial charge in [-0.2, -0.15) is 0 Å². The summed E-state index contributed by atoms with van der Waals surface area (Å²) in [7, 11) is 0. The van der Waals surface area contributed by atoms with Crippen molar-refractivity contribution in [3.05, 3.63) is 17.3 Å². The summed E-state index contributed by atoms with van der Waals surface area (Å²) in [5.41, 5.74) is 6.01. The van der Waals surface area contributed by atoms with Crippen molar-refractivity contribution in [2.24, 2.45) is 5.92 Å². The van der Waals surface area contributed by atoms with Crippen LogP contribution >= 0.6 is 11.6 Å². The molecular weight excluding hydrogens is 328 g/mol. The number of nitrogens with zero attached hydrogens (tertiary/aromatic N) is 2. The number of carbonyl (C=O) groups is 1.